The lowest BCUT2D eigenvalue weighted by Gasteiger charge is -2.58. The number of aliphatic carboxylic acids is 1. The van der Waals surface area contributed by atoms with Gasteiger partial charge < -0.3 is 96.7 Å². The highest BCUT2D eigenvalue weighted by Gasteiger charge is 2.72. The van der Waals surface area contributed by atoms with Crippen LogP contribution in [0.2, 0.25) is 0 Å². The molecule has 2 aliphatic heterocycles. The molecule has 24 heteroatoms. The normalized spacial score (nSPS) is 28.3. The van der Waals surface area contributed by atoms with Gasteiger partial charge in [0, 0.05) is 77.8 Å². The van der Waals surface area contributed by atoms with E-state index in [-0.39, 0.29) is 61.0 Å². The summed E-state index contributed by atoms with van der Waals surface area (Å²) in [6.07, 6.45) is -2.01. The van der Waals surface area contributed by atoms with Gasteiger partial charge in [-0.15, -0.1) is 0 Å². The molecule has 5 aliphatic rings. The summed E-state index contributed by atoms with van der Waals surface area (Å²) >= 11 is 0. The zero-order valence-electron chi connectivity index (χ0n) is 47.5. The number of aldehydes is 1. The fourth-order valence-corrected chi connectivity index (χ4v) is 14.5. The molecule has 13 atom stereocenters. The minimum absolute atomic E-state index is 0.00689. The van der Waals surface area contributed by atoms with Gasteiger partial charge in [-0.1, -0.05) is 60.5 Å². The number of aromatic amines is 1. The zero-order chi connectivity index (χ0) is 62.1. The molecule has 24 nitrogen and oxygen atoms in total. The number of ether oxygens (including phenoxy) is 2. The van der Waals surface area contributed by atoms with E-state index in [1.165, 1.54) is 42.7 Å². The van der Waals surface area contributed by atoms with E-state index in [1.807, 2.05) is 36.4 Å². The van der Waals surface area contributed by atoms with Crippen molar-refractivity contribution in [2.24, 2.45) is 28.5 Å². The van der Waals surface area contributed by atoms with Crippen LogP contribution in [0.4, 0.5) is 5.69 Å². The second kappa shape index (κ2) is 25.4. The molecular weight excluding hydrogens is 1130 g/mol. The maximum absolute atomic E-state index is 15.7. The molecule has 0 radical (unpaired) electrons. The van der Waals surface area contributed by atoms with E-state index in [1.54, 1.807) is 6.07 Å². The van der Waals surface area contributed by atoms with Gasteiger partial charge in [0.05, 0.1) is 37.0 Å². The predicted molar refractivity (Wildman–Crippen MR) is 312 cm³/mol. The number of phenolic OH excluding ortho intramolecular Hbond substituents is 4. The largest absolute Gasteiger partial charge is 0.508 e. The Labute approximate surface area is 499 Å². The number of rotatable bonds is 22. The summed E-state index contributed by atoms with van der Waals surface area (Å²) in [6.45, 7) is -0.756. The van der Waals surface area contributed by atoms with E-state index in [0.29, 0.717) is 91.6 Å². The number of nitrogens with two attached hydrogens (primary N) is 1. The smallest absolute Gasteiger partial charge is 0.355 e. The topological polar surface area (TPSA) is 415 Å². The molecule has 87 heavy (non-hydrogen) atoms. The van der Waals surface area contributed by atoms with Crippen LogP contribution in [0.15, 0.2) is 102 Å². The minimum atomic E-state index is -3.39. The van der Waals surface area contributed by atoms with Gasteiger partial charge in [-0.2, -0.15) is 0 Å². The molecule has 3 aliphatic carbocycles. The first kappa shape index (κ1) is 62.2. The molecule has 1 saturated heterocycles. The van der Waals surface area contributed by atoms with Gasteiger partial charge in [-0.05, 0) is 110 Å². The standard InChI is InChI=1S/C63H74N6O18/c64-60(66-28-34-7-2-1-3-8-34)65-22-6-12-40(73)19-17-36-27-61(59(83)84)53(52(36)62-38(10-5-11-39(62)29-70)18-16-35-9-4-13-46(76)51(35)62)50-44(26-47(54(78)56(50)80)86-63(85)58(82)57(81)55(79)48(31-72)87-63)69(61)49(77)21-15-33-14-20-45(75)37(23-33)24-42-43(68-32-67-42)25-41(74)30-71/h1-4,7-9,13-15,20-21,23,26-27,30,32,38-41,48,52-53,55,57-58,70,72-76,78-82,85H,5-6,10-12,16-19,22,24-25,28-29,31H2,(H,67,68)(H,83,84)(H3,64,65,66). The van der Waals surface area contributed by atoms with Crippen molar-refractivity contribution in [2.75, 3.05) is 24.7 Å². The monoisotopic (exact) mass is 1200 g/mol. The van der Waals surface area contributed by atoms with E-state index in [4.69, 9.17) is 15.2 Å². The van der Waals surface area contributed by atoms with Crippen LogP contribution in [0.1, 0.15) is 102 Å². The number of nitrogens with one attached hydrogen (secondary N) is 2. The number of aromatic nitrogens is 2. The van der Waals surface area contributed by atoms with Gasteiger partial charge >= 0.3 is 11.9 Å². The molecule has 1 saturated carbocycles. The highest BCUT2D eigenvalue weighted by Crippen LogP contribution is 2.72. The van der Waals surface area contributed by atoms with Crippen molar-refractivity contribution >= 4 is 35.9 Å². The lowest BCUT2D eigenvalue weighted by molar-refractivity contribution is -0.422. The van der Waals surface area contributed by atoms with Crippen molar-refractivity contribution in [3.63, 3.8) is 0 Å². The fraction of sp³-hybridized carbons (Fsp3) is 0.444. The number of benzene rings is 4. The Morgan fingerprint density at radius 3 is 2.45 bits per heavy atom. The lowest BCUT2D eigenvalue weighted by Crippen LogP contribution is -2.67. The number of carbonyl (C=O) groups excluding carboxylic acids is 2. The highest BCUT2D eigenvalue weighted by atomic mass is 16.8. The van der Waals surface area contributed by atoms with Gasteiger partial charge in [0.15, 0.2) is 29.1 Å². The summed E-state index contributed by atoms with van der Waals surface area (Å²) in [5.74, 6) is -13.1. The van der Waals surface area contributed by atoms with Crippen molar-refractivity contribution in [3.05, 3.63) is 142 Å². The molecule has 13 unspecified atom stereocenters. The Morgan fingerprint density at radius 1 is 0.931 bits per heavy atom. The molecular formula is C63H74N6O18. The second-order valence-corrected chi connectivity index (χ2v) is 23.4. The van der Waals surface area contributed by atoms with Crippen molar-refractivity contribution in [1.82, 2.24) is 15.3 Å². The third-order valence-corrected chi connectivity index (χ3v) is 18.4. The van der Waals surface area contributed by atoms with Crippen molar-refractivity contribution in [3.8, 4) is 28.7 Å². The lowest BCUT2D eigenvalue weighted by atomic mass is 9.45. The van der Waals surface area contributed by atoms with Crippen LogP contribution in [-0.2, 0) is 50.3 Å². The quantitative estimate of drug-likeness (QED) is 0.00690. The van der Waals surface area contributed by atoms with Crippen LogP contribution in [-0.4, -0.2) is 168 Å². The fourth-order valence-electron chi connectivity index (χ4n) is 14.5. The summed E-state index contributed by atoms with van der Waals surface area (Å²) in [5, 5.41) is 151. The molecule has 0 bridgehead atoms. The molecule has 1 amide bonds. The van der Waals surface area contributed by atoms with E-state index in [0.717, 1.165) is 28.2 Å². The van der Waals surface area contributed by atoms with Gasteiger partial charge in [-0.25, -0.2) is 14.8 Å². The number of hydrogen-bond acceptors (Lipinski definition) is 19. The Kier molecular flexibility index (Phi) is 18.2. The number of carbonyl (C=O) groups is 3. The summed E-state index contributed by atoms with van der Waals surface area (Å²) in [4.78, 5) is 54.5. The van der Waals surface area contributed by atoms with Gasteiger partial charge in [0.25, 0.3) is 5.91 Å². The molecule has 1 aromatic heterocycles. The number of carboxylic acid groups (broad SMARTS) is 1. The number of fused-ring (bicyclic) bond motifs is 6. The van der Waals surface area contributed by atoms with Crippen LogP contribution >= 0.6 is 0 Å². The van der Waals surface area contributed by atoms with Crippen LogP contribution in [0.25, 0.3) is 6.08 Å². The number of amides is 1. The average Bonchev–Trinajstić information content (AvgIpc) is 1.54. The van der Waals surface area contributed by atoms with Crippen LogP contribution in [0.5, 0.6) is 28.7 Å². The maximum atomic E-state index is 15.7. The van der Waals surface area contributed by atoms with E-state index in [9.17, 15) is 71.2 Å². The first-order valence-electron chi connectivity index (χ1n) is 29.2. The molecule has 10 rings (SSSR count). The Bertz CT molecular complexity index is 3450. The van der Waals surface area contributed by atoms with Gasteiger partial charge in [0.2, 0.25) is 5.75 Å². The Morgan fingerprint density at radius 2 is 1.71 bits per heavy atom. The van der Waals surface area contributed by atoms with Crippen molar-refractivity contribution in [1.29, 1.82) is 0 Å². The van der Waals surface area contributed by atoms with Gasteiger partial charge in [-0.3, -0.25) is 9.69 Å². The third kappa shape index (κ3) is 11.4. The first-order valence-corrected chi connectivity index (χ1v) is 29.2. The highest BCUT2D eigenvalue weighted by molar-refractivity contribution is 6.13. The minimum Gasteiger partial charge on any atom is -0.508 e. The predicted octanol–water partition coefficient (Wildman–Crippen LogP) is 2.27. The number of aliphatic hydroxyl groups excluding tert-OH is 7. The van der Waals surface area contributed by atoms with Crippen molar-refractivity contribution < 1.29 is 90.2 Å². The number of carboxylic acids is 1. The molecule has 464 valence electrons. The summed E-state index contributed by atoms with van der Waals surface area (Å²) in [7, 11) is 0. The summed E-state index contributed by atoms with van der Waals surface area (Å²) < 4.78 is 11.1. The number of nitrogens with zero attached hydrogens (tertiary/aromatic N) is 3. The second-order valence-electron chi connectivity index (χ2n) is 23.4. The number of allylic oxidation sites excluding steroid dienone is 1. The molecule has 3 heterocycles. The number of anilines is 1. The van der Waals surface area contributed by atoms with Crippen molar-refractivity contribution in [2.45, 2.75) is 137 Å². The first-order chi connectivity index (χ1) is 41.7. The number of imidazole rings is 1. The molecule has 4 aromatic carbocycles. The number of guanidine groups is 1. The zero-order valence-corrected chi connectivity index (χ0v) is 47.5. The number of H-pyrrole nitrogens is 1. The SMILES string of the molecule is NC(=NCc1ccccc1)NCCCC(O)CCC1=CC2(C(=O)O)C(c3c(cc(OC4(O)OC(CO)C(O)C(O)C4O)c(O)c3O)N2C(=O)C=Cc2ccc(O)c(Cc3[nH]cnc3CC(O)C=O)c2)C1C12c3c(O)cccc3CCC1CCCC2CO. The number of aromatic hydroxyl groups is 4. The maximum Gasteiger partial charge on any atom is 0.355 e. The number of aliphatic imine (C=N–C) groups is 1. The summed E-state index contributed by atoms with van der Waals surface area (Å²) in [5.41, 5.74) is 5.54. The molecule has 5 aromatic rings. The van der Waals surface area contributed by atoms with E-state index >= 15 is 9.59 Å². The molecule has 2 fully saturated rings. The van der Waals surface area contributed by atoms with Crippen LogP contribution < -0.4 is 20.7 Å². The van der Waals surface area contributed by atoms with Crippen LogP contribution in [0.3, 0.4) is 0 Å². The number of phenols is 4. The van der Waals surface area contributed by atoms with Gasteiger partial charge in [0.1, 0.15) is 42.2 Å². The molecule has 0 spiro atoms. The Hall–Kier alpha value is -7.91. The Balaban J connectivity index is 1.10. The number of hydrogen-bond donors (Lipinski definition) is 16. The van der Waals surface area contributed by atoms with Crippen LogP contribution in [0, 0.1) is 17.8 Å². The third-order valence-electron chi connectivity index (χ3n) is 18.4. The van der Waals surface area contributed by atoms with E-state index < -0.39 is 119 Å². The number of aryl methyl sites for hydroxylation is 1. The number of aliphatic hydroxyl groups is 8. The van der Waals surface area contributed by atoms with E-state index in [2.05, 4.69) is 20.3 Å². The summed E-state index contributed by atoms with van der Waals surface area (Å²) in [6, 6.07) is 19.9. The average molecular weight is 1200 g/mol. The molecule has 17 N–H and O–H groups in total.